The number of fused-ring (bicyclic) bond motifs is 3. The first-order valence-corrected chi connectivity index (χ1v) is 25.7. The zero-order valence-electron chi connectivity index (χ0n) is 42.9. The first-order valence-electron chi connectivity index (χ1n) is 25.7. The van der Waals surface area contributed by atoms with Gasteiger partial charge < -0.3 is 43.9 Å². The second-order valence-corrected chi connectivity index (χ2v) is 21.0. The van der Waals surface area contributed by atoms with E-state index in [0.29, 0.717) is 89.7 Å². The summed E-state index contributed by atoms with van der Waals surface area (Å²) in [5, 5.41) is 34.2. The van der Waals surface area contributed by atoms with Gasteiger partial charge in [-0.25, -0.2) is 4.79 Å². The molecule has 4 heterocycles. The van der Waals surface area contributed by atoms with Crippen molar-refractivity contribution in [3.63, 3.8) is 0 Å². The summed E-state index contributed by atoms with van der Waals surface area (Å²) in [6.07, 6.45) is 12.3. The highest BCUT2D eigenvalue weighted by Crippen LogP contribution is 2.38. The van der Waals surface area contributed by atoms with Gasteiger partial charge in [0.1, 0.15) is 30.1 Å². The minimum atomic E-state index is -2.42. The third-order valence-electron chi connectivity index (χ3n) is 15.7. The topological polar surface area (TPSA) is 199 Å². The van der Waals surface area contributed by atoms with Gasteiger partial charge in [0.05, 0.1) is 31.5 Å². The van der Waals surface area contributed by atoms with Crippen molar-refractivity contribution in [3.05, 3.63) is 47.6 Å². The number of aliphatic hydroxyl groups is 3. The molecule has 388 valence electrons. The van der Waals surface area contributed by atoms with Gasteiger partial charge in [-0.05, 0) is 108 Å². The van der Waals surface area contributed by atoms with Crippen LogP contribution in [0.4, 0.5) is 0 Å². The Morgan fingerprint density at radius 2 is 1.55 bits per heavy atom. The van der Waals surface area contributed by atoms with Crippen molar-refractivity contribution in [1.82, 2.24) is 9.80 Å². The molecule has 15 atom stereocenters. The van der Waals surface area contributed by atoms with Gasteiger partial charge in [0.15, 0.2) is 5.78 Å². The number of methoxy groups -OCH3 is 2. The lowest BCUT2D eigenvalue weighted by Crippen LogP contribution is -2.61. The van der Waals surface area contributed by atoms with Crippen LogP contribution in [-0.2, 0) is 47.7 Å². The monoisotopic (exact) mass is 969 g/mol. The van der Waals surface area contributed by atoms with Crippen LogP contribution in [0.1, 0.15) is 126 Å². The number of Topliss-reactive ketones (excluding diaryl/α,β-unsaturated/α-hetero) is 3. The van der Waals surface area contributed by atoms with Gasteiger partial charge in [0, 0.05) is 64.1 Å². The van der Waals surface area contributed by atoms with Crippen LogP contribution < -0.4 is 0 Å². The van der Waals surface area contributed by atoms with Crippen LogP contribution >= 0.6 is 0 Å². The number of aliphatic hydroxyl groups excluding tert-OH is 2. The fourth-order valence-corrected chi connectivity index (χ4v) is 11.2. The quantitative estimate of drug-likeness (QED) is 0.162. The molecule has 3 N–H and O–H groups in total. The van der Waals surface area contributed by atoms with Gasteiger partial charge >= 0.3 is 5.97 Å². The summed E-state index contributed by atoms with van der Waals surface area (Å²) >= 11 is 0. The Balaban J connectivity index is 1.49. The third-order valence-corrected chi connectivity index (χ3v) is 15.7. The number of carbonyl (C=O) groups is 5. The Hall–Kier alpha value is -3.41. The molecule has 5 aliphatic rings. The van der Waals surface area contributed by atoms with E-state index >= 15 is 0 Å². The van der Waals surface area contributed by atoms with E-state index in [1.54, 1.807) is 34.0 Å². The highest BCUT2D eigenvalue weighted by Gasteiger charge is 2.53. The predicted molar refractivity (Wildman–Crippen MR) is 261 cm³/mol. The number of hydrogen-bond acceptors (Lipinski definition) is 14. The molecule has 0 aromatic heterocycles. The molecule has 0 radical (unpaired) electrons. The van der Waals surface area contributed by atoms with Crippen molar-refractivity contribution in [2.75, 3.05) is 47.1 Å². The number of morpholine rings is 1. The highest BCUT2D eigenvalue weighted by molar-refractivity contribution is 6.39. The molecule has 15 heteroatoms. The SMILES string of the molecule is CO[C@@H]1C[C@@H](CC(C)[C@@H]2CC(=O)[C@H](C)/C=C(\C)[C@@H](O)[C@@H](OC)C(=O)[C@H](C)C[C@H](C)/C=C/C=C/C=C(/C)[C@H](N3CCOCC3)C[C@@H]3CC[C@@H](C)[C@@](O)(O3)C(=O)C(=O)N3CCCC[C@H]3C(=O)O2)CC[C@H]1O. The maximum atomic E-state index is 14.5. The normalized spacial score (nSPS) is 40.4. The summed E-state index contributed by atoms with van der Waals surface area (Å²) in [5.41, 5.74) is 1.44. The third kappa shape index (κ3) is 14.8. The summed E-state index contributed by atoms with van der Waals surface area (Å²) in [5.74, 6) is -7.86. The lowest BCUT2D eigenvalue weighted by Gasteiger charge is -2.44. The molecule has 5 rings (SSSR count). The fraction of sp³-hybridized carbons (Fsp3) is 0.759. The molecule has 1 saturated carbocycles. The Morgan fingerprint density at radius 1 is 0.826 bits per heavy atom. The number of allylic oxidation sites excluding steroid dienone is 6. The van der Waals surface area contributed by atoms with Crippen molar-refractivity contribution in [1.29, 1.82) is 0 Å². The number of ketones is 3. The number of hydrogen-bond donors (Lipinski definition) is 3. The van der Waals surface area contributed by atoms with Crippen LogP contribution in [0.3, 0.4) is 0 Å². The molecule has 0 aromatic carbocycles. The van der Waals surface area contributed by atoms with Crippen LogP contribution in [0, 0.1) is 35.5 Å². The predicted octanol–water partition coefficient (Wildman–Crippen LogP) is 5.87. The highest BCUT2D eigenvalue weighted by atomic mass is 16.6. The van der Waals surface area contributed by atoms with Crippen molar-refractivity contribution < 1.29 is 63.0 Å². The van der Waals surface area contributed by atoms with E-state index in [1.165, 1.54) is 12.0 Å². The van der Waals surface area contributed by atoms with Crippen LogP contribution in [0.2, 0.25) is 0 Å². The second-order valence-electron chi connectivity index (χ2n) is 21.0. The van der Waals surface area contributed by atoms with Gasteiger partial charge in [-0.15, -0.1) is 0 Å². The average Bonchev–Trinajstić information content (AvgIpc) is 3.33. The van der Waals surface area contributed by atoms with Crippen LogP contribution in [0.15, 0.2) is 47.6 Å². The number of esters is 1. The molecule has 15 nitrogen and oxygen atoms in total. The molecule has 1 unspecified atom stereocenters. The zero-order chi connectivity index (χ0) is 50.6. The van der Waals surface area contributed by atoms with Crippen molar-refractivity contribution in [3.8, 4) is 0 Å². The largest absolute Gasteiger partial charge is 0.460 e. The number of piperidine rings is 1. The summed E-state index contributed by atoms with van der Waals surface area (Å²) in [6.45, 7) is 15.5. The minimum Gasteiger partial charge on any atom is -0.460 e. The van der Waals surface area contributed by atoms with E-state index in [4.69, 9.17) is 23.7 Å². The fourth-order valence-electron chi connectivity index (χ4n) is 11.2. The lowest BCUT2D eigenvalue weighted by atomic mass is 9.78. The van der Waals surface area contributed by atoms with E-state index in [9.17, 15) is 39.3 Å². The van der Waals surface area contributed by atoms with Crippen molar-refractivity contribution in [2.45, 2.75) is 180 Å². The van der Waals surface area contributed by atoms with Gasteiger partial charge in [0.25, 0.3) is 11.7 Å². The summed E-state index contributed by atoms with van der Waals surface area (Å²) < 4.78 is 29.5. The average molecular weight is 969 g/mol. The number of cyclic esters (lactones) is 1. The molecule has 2 bridgehead atoms. The lowest BCUT2D eigenvalue weighted by molar-refractivity contribution is -0.265. The standard InChI is InChI=1S/C54H84N2O13/c1-33-15-11-10-12-16-34(2)43(55-23-25-67-26-24-55)31-41-20-18-39(7)54(64,69-41)51(61)52(62)56-22-14-13-17-42(56)53(63)68-46(36(4)29-40-19-21-44(57)47(30-40)65-8)32-45(58)35(3)28-38(6)49(60)50(66-9)48(59)37(5)27-33/h10-12,15-16,28,33,35-37,39-44,46-47,49-50,57,60,64H,13-14,17-27,29-32H2,1-9H3/b12-10+,15-11+,34-16-,38-28+/t33-,35-,36?,37-,39-,40-,41+,42+,43-,44-,46+,47-,49-,50+,54-/m1/s1. The van der Waals surface area contributed by atoms with E-state index < -0.39 is 77.8 Å². The number of rotatable bonds is 6. The van der Waals surface area contributed by atoms with Crippen LogP contribution in [0.25, 0.3) is 0 Å². The van der Waals surface area contributed by atoms with Crippen LogP contribution in [-0.4, -0.2) is 156 Å². The molecule has 1 aliphatic carbocycles. The van der Waals surface area contributed by atoms with E-state index in [-0.39, 0.29) is 60.9 Å². The van der Waals surface area contributed by atoms with E-state index in [2.05, 4.69) is 4.90 Å². The van der Waals surface area contributed by atoms with E-state index in [0.717, 1.165) is 12.0 Å². The maximum Gasteiger partial charge on any atom is 0.329 e. The Labute approximate surface area is 411 Å². The maximum absolute atomic E-state index is 14.5. The molecule has 4 fully saturated rings. The first-order chi connectivity index (χ1) is 32.8. The Bertz CT molecular complexity index is 1870. The minimum absolute atomic E-state index is 0.0234. The van der Waals surface area contributed by atoms with Gasteiger partial charge in [-0.2, -0.15) is 0 Å². The summed E-state index contributed by atoms with van der Waals surface area (Å²) in [6, 6.07) is -1.25. The molecule has 4 aliphatic heterocycles. The Morgan fingerprint density at radius 3 is 2.25 bits per heavy atom. The smallest absolute Gasteiger partial charge is 0.329 e. The molecule has 3 saturated heterocycles. The molecule has 0 aromatic rings. The Kier molecular flexibility index (Phi) is 21.6. The van der Waals surface area contributed by atoms with Crippen LogP contribution in [0.5, 0.6) is 0 Å². The number of carbonyl (C=O) groups excluding carboxylic acids is 5. The van der Waals surface area contributed by atoms with E-state index in [1.807, 2.05) is 58.1 Å². The van der Waals surface area contributed by atoms with Gasteiger partial charge in [-0.1, -0.05) is 76.6 Å². The number of ether oxygens (including phenoxy) is 5. The first kappa shape index (κ1) is 56.5. The molecular weight excluding hydrogens is 885 g/mol. The van der Waals surface area contributed by atoms with Gasteiger partial charge in [0.2, 0.25) is 5.79 Å². The molecular formula is C54H84N2O13. The number of amides is 1. The molecule has 69 heavy (non-hydrogen) atoms. The summed E-state index contributed by atoms with van der Waals surface area (Å²) in [7, 11) is 2.96. The summed E-state index contributed by atoms with van der Waals surface area (Å²) in [4.78, 5) is 74.8. The van der Waals surface area contributed by atoms with Gasteiger partial charge in [-0.3, -0.25) is 24.1 Å². The molecule has 1 amide bonds. The number of nitrogens with zero attached hydrogens (tertiary/aromatic N) is 2. The van der Waals surface area contributed by atoms with Crippen molar-refractivity contribution in [2.24, 2.45) is 35.5 Å². The zero-order valence-corrected chi connectivity index (χ0v) is 42.9. The van der Waals surface area contributed by atoms with Crippen molar-refractivity contribution >= 4 is 29.2 Å². The molecule has 0 spiro atoms. The second kappa shape index (κ2) is 26.3.